The highest BCUT2D eigenvalue weighted by Gasteiger charge is 2.33. The van der Waals surface area contributed by atoms with Crippen LogP contribution in [0.3, 0.4) is 0 Å². The molecule has 3 aliphatic rings. The fourth-order valence-corrected chi connectivity index (χ4v) is 6.51. The van der Waals surface area contributed by atoms with Gasteiger partial charge in [-0.2, -0.15) is 0 Å². The van der Waals surface area contributed by atoms with Gasteiger partial charge >= 0.3 is 5.97 Å². The Labute approximate surface area is 248 Å². The summed E-state index contributed by atoms with van der Waals surface area (Å²) < 4.78 is 25.3. The number of carbonyl (C=O) groups is 1. The maximum atomic E-state index is 14.5. The van der Waals surface area contributed by atoms with Crippen LogP contribution in [0.2, 0.25) is 5.02 Å². The summed E-state index contributed by atoms with van der Waals surface area (Å²) in [6.07, 6.45) is 7.43. The number of rotatable bonds is 11. The molecule has 3 heterocycles. The summed E-state index contributed by atoms with van der Waals surface area (Å²) >= 11 is 12.6. The lowest BCUT2D eigenvalue weighted by molar-refractivity contribution is -0.134. The van der Waals surface area contributed by atoms with E-state index < -0.39 is 6.17 Å². The highest BCUT2D eigenvalue weighted by Crippen LogP contribution is 2.33. The molecule has 7 nitrogen and oxygen atoms in total. The first kappa shape index (κ1) is 31.0. The minimum Gasteiger partial charge on any atom is -0.476 e. The van der Waals surface area contributed by atoms with E-state index in [4.69, 9.17) is 37.7 Å². The minimum atomic E-state index is -0.963. The van der Waals surface area contributed by atoms with E-state index in [2.05, 4.69) is 36.8 Å². The number of carbonyl (C=O) groups excluding carboxylic acids is 1. The number of aromatic nitrogens is 1. The van der Waals surface area contributed by atoms with Crippen LogP contribution in [0.1, 0.15) is 57.2 Å². The Morgan fingerprint density at radius 2 is 2.20 bits per heavy atom. The molecule has 220 valence electrons. The van der Waals surface area contributed by atoms with Crippen molar-refractivity contribution in [2.45, 2.75) is 76.6 Å². The number of ether oxygens (including phenoxy) is 2. The lowest BCUT2D eigenvalue weighted by atomic mass is 9.88. The van der Waals surface area contributed by atoms with E-state index in [1.165, 1.54) is 13.2 Å². The largest absolute Gasteiger partial charge is 0.476 e. The van der Waals surface area contributed by atoms with Crippen LogP contribution in [0.4, 0.5) is 4.39 Å². The fourth-order valence-electron chi connectivity index (χ4n) is 5.98. The first-order valence-corrected chi connectivity index (χ1v) is 15.3. The lowest BCUT2D eigenvalue weighted by Crippen LogP contribution is -2.49. The van der Waals surface area contributed by atoms with Crippen molar-refractivity contribution in [1.82, 2.24) is 20.1 Å². The second-order valence-electron chi connectivity index (χ2n) is 11.4. The van der Waals surface area contributed by atoms with E-state index in [0.29, 0.717) is 36.2 Å². The van der Waals surface area contributed by atoms with Crippen LogP contribution in [0.25, 0.3) is 0 Å². The van der Waals surface area contributed by atoms with E-state index in [9.17, 15) is 9.18 Å². The Bertz CT molecular complexity index is 1110. The van der Waals surface area contributed by atoms with Crippen molar-refractivity contribution < 1.29 is 18.7 Å². The number of methoxy groups -OCH3 is 1. The molecule has 1 fully saturated rings. The molecule has 4 rings (SSSR count). The number of fused-ring (bicyclic) bond motifs is 1. The van der Waals surface area contributed by atoms with Gasteiger partial charge in [0.1, 0.15) is 17.4 Å². The molecule has 1 N–H and O–H groups in total. The predicted molar refractivity (Wildman–Crippen MR) is 160 cm³/mol. The quantitative estimate of drug-likeness (QED) is 0.176. The normalized spacial score (nSPS) is 26.1. The molecule has 1 aromatic rings. The summed E-state index contributed by atoms with van der Waals surface area (Å²) in [7, 11) is 3.44. The molecule has 1 saturated carbocycles. The number of pyridine rings is 1. The van der Waals surface area contributed by atoms with Crippen molar-refractivity contribution in [3.63, 3.8) is 0 Å². The van der Waals surface area contributed by atoms with Gasteiger partial charge in [-0.25, -0.2) is 14.2 Å². The molecule has 0 aromatic carbocycles. The zero-order valence-corrected chi connectivity index (χ0v) is 25.6. The Kier molecular flexibility index (Phi) is 11.1. The maximum Gasteiger partial charge on any atom is 0.330 e. The van der Waals surface area contributed by atoms with Gasteiger partial charge in [0.25, 0.3) is 0 Å². The maximum absolute atomic E-state index is 14.5. The molecular weight excluding hydrogens is 553 g/mol. The summed E-state index contributed by atoms with van der Waals surface area (Å²) in [6.45, 7) is 7.97. The Morgan fingerprint density at radius 3 is 2.92 bits per heavy atom. The third-order valence-corrected chi connectivity index (χ3v) is 8.88. The van der Waals surface area contributed by atoms with Crippen molar-refractivity contribution in [2.24, 2.45) is 11.8 Å². The van der Waals surface area contributed by atoms with Gasteiger partial charge < -0.3 is 19.7 Å². The van der Waals surface area contributed by atoms with E-state index in [1.54, 1.807) is 0 Å². The van der Waals surface area contributed by atoms with Crippen LogP contribution in [0.15, 0.2) is 29.5 Å². The highest BCUT2D eigenvalue weighted by molar-refractivity contribution is 6.31. The van der Waals surface area contributed by atoms with E-state index >= 15 is 0 Å². The number of hydrogen-bond donors (Lipinski definition) is 1. The van der Waals surface area contributed by atoms with E-state index in [1.807, 2.05) is 12.1 Å². The van der Waals surface area contributed by atoms with Crippen LogP contribution in [0.5, 0.6) is 5.88 Å². The Hall–Kier alpha value is -1.97. The lowest BCUT2D eigenvalue weighted by Gasteiger charge is -2.36. The minimum absolute atomic E-state index is 0.0692. The van der Waals surface area contributed by atoms with Crippen molar-refractivity contribution in [1.29, 1.82) is 0 Å². The highest BCUT2D eigenvalue weighted by atomic mass is 35.5. The van der Waals surface area contributed by atoms with Crippen LogP contribution in [-0.4, -0.2) is 79.7 Å². The SMILES string of the molecule is BC1=C(/C=C/C(=O)OC)N(C[C@@H](C)CCC)C(CN2CCc3cc(Cl)c(OCC4CCC(Cl)CC4F)nc3C2)N1. The molecule has 11 heteroatoms. The van der Waals surface area contributed by atoms with Gasteiger partial charge in [-0.3, -0.25) is 4.90 Å². The summed E-state index contributed by atoms with van der Waals surface area (Å²) in [5.74, 6) is 0.336. The second-order valence-corrected chi connectivity index (χ2v) is 12.5. The van der Waals surface area contributed by atoms with E-state index in [0.717, 1.165) is 67.9 Å². The molecule has 1 aliphatic carbocycles. The van der Waals surface area contributed by atoms with Gasteiger partial charge in [-0.15, -0.1) is 11.6 Å². The molecular formula is C29H42BCl2FN4O3. The van der Waals surface area contributed by atoms with Gasteiger partial charge in [-0.1, -0.05) is 31.9 Å². The van der Waals surface area contributed by atoms with Crippen molar-refractivity contribution in [3.05, 3.63) is 45.8 Å². The van der Waals surface area contributed by atoms with Crippen molar-refractivity contribution in [2.75, 3.05) is 33.4 Å². The molecule has 0 spiro atoms. The van der Waals surface area contributed by atoms with Crippen molar-refractivity contribution >= 4 is 37.0 Å². The Morgan fingerprint density at radius 1 is 1.40 bits per heavy atom. The van der Waals surface area contributed by atoms with Crippen LogP contribution >= 0.6 is 23.2 Å². The van der Waals surface area contributed by atoms with Gasteiger partial charge in [0, 0.05) is 49.2 Å². The summed E-state index contributed by atoms with van der Waals surface area (Å²) in [6, 6.07) is 1.95. The molecule has 0 radical (unpaired) electrons. The van der Waals surface area contributed by atoms with E-state index in [-0.39, 0.29) is 30.0 Å². The first-order valence-electron chi connectivity index (χ1n) is 14.5. The number of allylic oxidation sites excluding steroid dienone is 1. The third kappa shape index (κ3) is 7.86. The monoisotopic (exact) mass is 594 g/mol. The molecule has 4 unspecified atom stereocenters. The smallest absolute Gasteiger partial charge is 0.330 e. The molecule has 5 atom stereocenters. The number of hydrogen-bond acceptors (Lipinski definition) is 7. The van der Waals surface area contributed by atoms with Crippen LogP contribution < -0.4 is 10.1 Å². The number of alkyl halides is 2. The molecule has 40 heavy (non-hydrogen) atoms. The fraction of sp³-hybridized carbons (Fsp3) is 0.655. The predicted octanol–water partition coefficient (Wildman–Crippen LogP) is 4.42. The second kappa shape index (κ2) is 14.3. The zero-order valence-electron chi connectivity index (χ0n) is 24.1. The van der Waals surface area contributed by atoms with Crippen LogP contribution in [0, 0.1) is 11.8 Å². The number of nitrogens with zero attached hydrogens (tertiary/aromatic N) is 3. The average molecular weight is 595 g/mol. The molecule has 0 bridgehead atoms. The standard InChI is InChI=1S/C29H42BCl2FN4O3/c1-4-5-18(2)14-37-25(8-9-27(38)39-3)28(30)35-26(37)16-36-11-10-19-12-22(32)29(34-24(19)15-36)40-17-20-6-7-21(31)13-23(20)33/h8-9,12,18,20-21,23,26,35H,4-7,10-11,13-17,30H2,1-3H3/b9-8+/t18-,20?,21?,23?,26?/m0/s1. The number of nitrogens with one attached hydrogen (secondary N) is 1. The molecule has 1 aromatic heterocycles. The zero-order chi connectivity index (χ0) is 28.8. The van der Waals surface area contributed by atoms with Gasteiger partial charge in [0.05, 0.1) is 19.4 Å². The molecule has 0 amide bonds. The topological polar surface area (TPSA) is 66.9 Å². The Balaban J connectivity index is 1.43. The molecule has 2 aliphatic heterocycles. The van der Waals surface area contributed by atoms with Gasteiger partial charge in [-0.05, 0) is 61.3 Å². The van der Waals surface area contributed by atoms with Crippen molar-refractivity contribution in [3.8, 4) is 5.88 Å². The third-order valence-electron chi connectivity index (χ3n) is 8.21. The van der Waals surface area contributed by atoms with Gasteiger partial charge in [0.15, 0.2) is 7.85 Å². The number of esters is 1. The summed E-state index contributed by atoms with van der Waals surface area (Å²) in [4.78, 5) is 21.4. The van der Waals surface area contributed by atoms with Gasteiger partial charge in [0.2, 0.25) is 5.88 Å². The average Bonchev–Trinajstić information content (AvgIpc) is 3.20. The summed E-state index contributed by atoms with van der Waals surface area (Å²) in [5.41, 5.74) is 4.14. The summed E-state index contributed by atoms with van der Waals surface area (Å²) in [5, 5.41) is 4.03. The molecule has 0 saturated heterocycles. The van der Waals surface area contributed by atoms with Crippen LogP contribution in [-0.2, 0) is 22.5 Å². The first-order chi connectivity index (χ1) is 19.2. The number of halogens is 3.